The van der Waals surface area contributed by atoms with Gasteiger partial charge in [0.15, 0.2) is 6.61 Å². The van der Waals surface area contributed by atoms with Crippen LogP contribution in [-0.4, -0.2) is 32.7 Å². The molecule has 0 saturated heterocycles. The number of tetrazole rings is 1. The van der Waals surface area contributed by atoms with Crippen LogP contribution in [0.3, 0.4) is 0 Å². The number of nitrogens with zero attached hydrogens (tertiary/aromatic N) is 4. The van der Waals surface area contributed by atoms with Crippen molar-refractivity contribution in [3.8, 4) is 11.4 Å². The summed E-state index contributed by atoms with van der Waals surface area (Å²) < 4.78 is 7.08. The van der Waals surface area contributed by atoms with Crippen molar-refractivity contribution in [3.05, 3.63) is 60.4 Å². The van der Waals surface area contributed by atoms with E-state index in [0.29, 0.717) is 5.75 Å². The number of anilines is 1. The summed E-state index contributed by atoms with van der Waals surface area (Å²) in [5.41, 5.74) is 2.79. The van der Waals surface area contributed by atoms with E-state index in [2.05, 4.69) is 41.6 Å². The van der Waals surface area contributed by atoms with Crippen LogP contribution in [0.4, 0.5) is 5.69 Å². The van der Waals surface area contributed by atoms with Gasteiger partial charge >= 0.3 is 0 Å². The zero-order valence-electron chi connectivity index (χ0n) is 15.0. The lowest BCUT2D eigenvalue weighted by atomic mass is 9.87. The Morgan fingerprint density at radius 1 is 1.15 bits per heavy atom. The molecule has 1 N–H and O–H groups in total. The van der Waals surface area contributed by atoms with Crippen molar-refractivity contribution in [2.75, 3.05) is 11.9 Å². The molecule has 7 nitrogen and oxygen atoms in total. The monoisotopic (exact) mass is 351 g/mol. The maximum atomic E-state index is 12.1. The molecule has 26 heavy (non-hydrogen) atoms. The fourth-order valence-corrected chi connectivity index (χ4v) is 2.39. The van der Waals surface area contributed by atoms with Crippen LogP contribution < -0.4 is 10.1 Å². The second-order valence-electron chi connectivity index (χ2n) is 6.92. The van der Waals surface area contributed by atoms with Crippen molar-refractivity contribution >= 4 is 11.6 Å². The summed E-state index contributed by atoms with van der Waals surface area (Å²) in [6.07, 6.45) is 1.49. The molecular weight excluding hydrogens is 330 g/mol. The van der Waals surface area contributed by atoms with Gasteiger partial charge in [0.25, 0.3) is 5.91 Å². The van der Waals surface area contributed by atoms with Gasteiger partial charge in [-0.05, 0) is 45.7 Å². The summed E-state index contributed by atoms with van der Waals surface area (Å²) in [5.74, 6) is 0.345. The third kappa shape index (κ3) is 4.44. The van der Waals surface area contributed by atoms with E-state index in [1.54, 1.807) is 12.1 Å². The number of carbonyl (C=O) groups is 1. The van der Waals surface area contributed by atoms with Crippen molar-refractivity contribution in [3.63, 3.8) is 0 Å². The first-order valence-electron chi connectivity index (χ1n) is 8.28. The lowest BCUT2D eigenvalue weighted by Crippen LogP contribution is -2.20. The summed E-state index contributed by atoms with van der Waals surface area (Å²) in [4.78, 5) is 12.1. The van der Waals surface area contributed by atoms with Gasteiger partial charge in [-0.25, -0.2) is 4.68 Å². The molecular formula is C19H21N5O2. The van der Waals surface area contributed by atoms with E-state index in [4.69, 9.17) is 4.74 Å². The van der Waals surface area contributed by atoms with Crippen LogP contribution in [0.1, 0.15) is 26.3 Å². The van der Waals surface area contributed by atoms with E-state index in [1.807, 2.05) is 36.4 Å². The van der Waals surface area contributed by atoms with E-state index in [0.717, 1.165) is 11.4 Å². The summed E-state index contributed by atoms with van der Waals surface area (Å²) in [6, 6.07) is 15.0. The topological polar surface area (TPSA) is 81.9 Å². The Balaban J connectivity index is 1.57. The minimum absolute atomic E-state index is 0.0796. The molecule has 0 bridgehead atoms. The Morgan fingerprint density at radius 2 is 1.92 bits per heavy atom. The average Bonchev–Trinajstić information content (AvgIpc) is 3.15. The summed E-state index contributed by atoms with van der Waals surface area (Å²) >= 11 is 0. The van der Waals surface area contributed by atoms with Gasteiger partial charge in [0.05, 0.1) is 5.69 Å². The fourth-order valence-electron chi connectivity index (χ4n) is 2.39. The number of nitrogens with one attached hydrogen (secondary N) is 1. The molecule has 0 fully saturated rings. The van der Waals surface area contributed by atoms with Crippen molar-refractivity contribution in [1.82, 2.24) is 20.2 Å². The molecule has 1 heterocycles. The van der Waals surface area contributed by atoms with Crippen LogP contribution in [0.2, 0.25) is 0 Å². The lowest BCUT2D eigenvalue weighted by Gasteiger charge is -2.19. The maximum Gasteiger partial charge on any atom is 0.262 e. The number of carbonyl (C=O) groups excluding carboxylic acids is 1. The summed E-state index contributed by atoms with van der Waals surface area (Å²) in [6.45, 7) is 6.37. The Labute approximate surface area is 152 Å². The van der Waals surface area contributed by atoms with E-state index in [9.17, 15) is 4.79 Å². The normalized spacial score (nSPS) is 11.2. The Hall–Kier alpha value is -3.22. The number of benzene rings is 2. The number of aromatic nitrogens is 4. The van der Waals surface area contributed by atoms with Gasteiger partial charge in [0.1, 0.15) is 12.1 Å². The van der Waals surface area contributed by atoms with Crippen LogP contribution in [0.25, 0.3) is 5.69 Å². The minimum atomic E-state index is -0.221. The molecule has 2 aromatic carbocycles. The molecule has 0 atom stereocenters. The fraction of sp³-hybridized carbons (Fsp3) is 0.263. The molecule has 0 aliphatic heterocycles. The van der Waals surface area contributed by atoms with Gasteiger partial charge in [0, 0.05) is 11.8 Å². The maximum absolute atomic E-state index is 12.1. The van der Waals surface area contributed by atoms with Gasteiger partial charge in [-0.3, -0.25) is 4.79 Å². The molecule has 3 rings (SSSR count). The SMILES string of the molecule is CC(C)(C)c1ccc(NC(=O)COc2cccc(-n3cnnn3)c2)cc1. The van der Waals surface area contributed by atoms with Crippen LogP contribution in [0, 0.1) is 0 Å². The average molecular weight is 351 g/mol. The van der Waals surface area contributed by atoms with E-state index in [-0.39, 0.29) is 17.9 Å². The highest BCUT2D eigenvalue weighted by Crippen LogP contribution is 2.23. The quantitative estimate of drug-likeness (QED) is 0.764. The Morgan fingerprint density at radius 3 is 2.58 bits per heavy atom. The molecule has 0 saturated carbocycles. The highest BCUT2D eigenvalue weighted by atomic mass is 16.5. The predicted octanol–water partition coefficient (Wildman–Crippen LogP) is 2.98. The zero-order chi connectivity index (χ0) is 18.6. The van der Waals surface area contributed by atoms with Crippen molar-refractivity contribution in [2.24, 2.45) is 0 Å². The van der Waals surface area contributed by atoms with Gasteiger partial charge in [-0.15, -0.1) is 5.10 Å². The zero-order valence-corrected chi connectivity index (χ0v) is 15.0. The molecule has 7 heteroatoms. The molecule has 1 amide bonds. The highest BCUT2D eigenvalue weighted by molar-refractivity contribution is 5.91. The summed E-state index contributed by atoms with van der Waals surface area (Å²) in [7, 11) is 0. The van der Waals surface area contributed by atoms with Gasteiger partial charge in [0.2, 0.25) is 0 Å². The minimum Gasteiger partial charge on any atom is -0.484 e. The van der Waals surface area contributed by atoms with Crippen molar-refractivity contribution in [2.45, 2.75) is 26.2 Å². The molecule has 0 unspecified atom stereocenters. The van der Waals surface area contributed by atoms with Crippen molar-refractivity contribution in [1.29, 1.82) is 0 Å². The molecule has 0 aliphatic carbocycles. The van der Waals surface area contributed by atoms with Crippen LogP contribution >= 0.6 is 0 Å². The van der Waals surface area contributed by atoms with E-state index < -0.39 is 0 Å². The van der Waals surface area contributed by atoms with Crippen molar-refractivity contribution < 1.29 is 9.53 Å². The summed E-state index contributed by atoms with van der Waals surface area (Å²) in [5, 5.41) is 13.9. The van der Waals surface area contributed by atoms with E-state index in [1.165, 1.54) is 16.6 Å². The number of hydrogen-bond donors (Lipinski definition) is 1. The predicted molar refractivity (Wildman–Crippen MR) is 98.4 cm³/mol. The number of amides is 1. The van der Waals surface area contributed by atoms with E-state index >= 15 is 0 Å². The van der Waals surface area contributed by atoms with Crippen LogP contribution in [0.5, 0.6) is 5.75 Å². The Bertz CT molecular complexity index is 868. The standard InChI is InChI=1S/C19H21N5O2/c1-19(2,3)14-7-9-15(10-8-14)21-18(25)12-26-17-6-4-5-16(11-17)24-13-20-22-23-24/h4-11,13H,12H2,1-3H3,(H,21,25). The molecule has 1 aromatic heterocycles. The first kappa shape index (κ1) is 17.6. The van der Waals surface area contributed by atoms with Gasteiger partial charge < -0.3 is 10.1 Å². The smallest absolute Gasteiger partial charge is 0.262 e. The van der Waals surface area contributed by atoms with Crippen LogP contribution in [0.15, 0.2) is 54.9 Å². The first-order chi connectivity index (χ1) is 12.4. The molecule has 0 aliphatic rings. The molecule has 3 aromatic rings. The largest absolute Gasteiger partial charge is 0.484 e. The number of rotatable bonds is 5. The van der Waals surface area contributed by atoms with Gasteiger partial charge in [-0.1, -0.05) is 39.0 Å². The molecule has 0 radical (unpaired) electrons. The molecule has 0 spiro atoms. The second kappa shape index (κ2) is 7.35. The lowest BCUT2D eigenvalue weighted by molar-refractivity contribution is -0.118. The third-order valence-electron chi connectivity index (χ3n) is 3.84. The van der Waals surface area contributed by atoms with Crippen LogP contribution in [-0.2, 0) is 10.2 Å². The van der Waals surface area contributed by atoms with Gasteiger partial charge in [-0.2, -0.15) is 0 Å². The molecule has 134 valence electrons. The Kier molecular flexibility index (Phi) is 4.97. The number of hydrogen-bond acceptors (Lipinski definition) is 5. The highest BCUT2D eigenvalue weighted by Gasteiger charge is 2.13. The number of ether oxygens (including phenoxy) is 1. The third-order valence-corrected chi connectivity index (χ3v) is 3.84. The first-order valence-corrected chi connectivity index (χ1v) is 8.28. The second-order valence-corrected chi connectivity index (χ2v) is 6.92.